The maximum atomic E-state index is 12.9. The summed E-state index contributed by atoms with van der Waals surface area (Å²) in [4.78, 5) is 3.45. The fourth-order valence-corrected chi connectivity index (χ4v) is 1.03. The molecule has 0 unspecified atom stereocenters. The van der Waals surface area contributed by atoms with Crippen LogP contribution in [0.2, 0.25) is 0 Å². The van der Waals surface area contributed by atoms with Crippen LogP contribution in [0.1, 0.15) is 0 Å². The molecule has 1 N–H and O–H groups in total. The fraction of sp³-hybridized carbons (Fsp3) is 0.286. The molecular weight excluding hydrogens is 268 g/mol. The van der Waals surface area contributed by atoms with Gasteiger partial charge in [-0.05, 0) is 22.0 Å². The SMILES string of the molecule is Fc1cc(Br)cnc1NCC(F)(F)F. The second-order valence-electron chi connectivity index (χ2n) is 2.45. The second-order valence-corrected chi connectivity index (χ2v) is 3.37. The lowest BCUT2D eigenvalue weighted by atomic mass is 10.4. The summed E-state index contributed by atoms with van der Waals surface area (Å²) < 4.78 is 48.5. The smallest absolute Gasteiger partial charge is 0.359 e. The number of alkyl halides is 3. The van der Waals surface area contributed by atoms with E-state index >= 15 is 0 Å². The van der Waals surface area contributed by atoms with Gasteiger partial charge in [-0.15, -0.1) is 0 Å². The van der Waals surface area contributed by atoms with Gasteiger partial charge >= 0.3 is 6.18 Å². The average molecular weight is 273 g/mol. The first-order valence-electron chi connectivity index (χ1n) is 3.50. The number of pyridine rings is 1. The van der Waals surface area contributed by atoms with Crippen molar-refractivity contribution in [2.75, 3.05) is 11.9 Å². The number of nitrogens with one attached hydrogen (secondary N) is 1. The van der Waals surface area contributed by atoms with Gasteiger partial charge in [0.25, 0.3) is 0 Å². The first-order valence-corrected chi connectivity index (χ1v) is 4.29. The average Bonchev–Trinajstić information content (AvgIpc) is 2.00. The van der Waals surface area contributed by atoms with E-state index in [0.717, 1.165) is 6.07 Å². The van der Waals surface area contributed by atoms with Crippen LogP contribution in [0.15, 0.2) is 16.7 Å². The normalized spacial score (nSPS) is 11.5. The van der Waals surface area contributed by atoms with Crippen LogP contribution >= 0.6 is 15.9 Å². The van der Waals surface area contributed by atoms with Crippen LogP contribution < -0.4 is 5.32 Å². The van der Waals surface area contributed by atoms with E-state index in [1.165, 1.54) is 6.20 Å². The van der Waals surface area contributed by atoms with Crippen LogP contribution in [0.3, 0.4) is 0 Å². The Morgan fingerprint density at radius 3 is 2.57 bits per heavy atom. The van der Waals surface area contributed by atoms with Gasteiger partial charge in [-0.2, -0.15) is 13.2 Å². The maximum Gasteiger partial charge on any atom is 0.405 e. The van der Waals surface area contributed by atoms with Crippen molar-refractivity contribution in [1.82, 2.24) is 4.98 Å². The molecule has 0 aliphatic rings. The zero-order chi connectivity index (χ0) is 10.8. The van der Waals surface area contributed by atoms with E-state index in [2.05, 4.69) is 20.9 Å². The lowest BCUT2D eigenvalue weighted by Crippen LogP contribution is -2.22. The molecule has 0 fully saturated rings. The molecule has 0 radical (unpaired) electrons. The molecule has 0 atom stereocenters. The predicted molar refractivity (Wildman–Crippen MR) is 46.4 cm³/mol. The van der Waals surface area contributed by atoms with Gasteiger partial charge in [0.2, 0.25) is 0 Å². The highest BCUT2D eigenvalue weighted by Gasteiger charge is 2.27. The Bertz CT molecular complexity index is 326. The van der Waals surface area contributed by atoms with Crippen LogP contribution in [-0.2, 0) is 0 Å². The van der Waals surface area contributed by atoms with Gasteiger partial charge in [0.15, 0.2) is 11.6 Å². The van der Waals surface area contributed by atoms with Crippen molar-refractivity contribution in [3.63, 3.8) is 0 Å². The van der Waals surface area contributed by atoms with Crippen molar-refractivity contribution in [1.29, 1.82) is 0 Å². The standard InChI is InChI=1S/C7H5BrF4N2/c8-4-1-5(9)6(13-2-4)14-3-7(10,11)12/h1-2H,3H2,(H,13,14). The third-order valence-electron chi connectivity index (χ3n) is 1.26. The molecule has 0 amide bonds. The van der Waals surface area contributed by atoms with Crippen LogP contribution in [0.4, 0.5) is 23.4 Å². The van der Waals surface area contributed by atoms with Gasteiger partial charge in [0.1, 0.15) is 6.54 Å². The molecular formula is C7H5BrF4N2. The Kier molecular flexibility index (Phi) is 3.30. The molecule has 1 rings (SSSR count). The Morgan fingerprint density at radius 1 is 1.43 bits per heavy atom. The minimum Gasteiger partial charge on any atom is -0.359 e. The third-order valence-corrected chi connectivity index (χ3v) is 1.70. The highest BCUT2D eigenvalue weighted by molar-refractivity contribution is 9.10. The second kappa shape index (κ2) is 4.12. The third kappa shape index (κ3) is 3.49. The molecule has 0 saturated heterocycles. The molecule has 0 aliphatic carbocycles. The fourth-order valence-electron chi connectivity index (χ4n) is 0.729. The number of halogens is 5. The summed E-state index contributed by atoms with van der Waals surface area (Å²) in [6.07, 6.45) is -3.18. The van der Waals surface area contributed by atoms with Gasteiger partial charge < -0.3 is 5.32 Å². The molecule has 78 valence electrons. The quantitative estimate of drug-likeness (QED) is 0.838. The first-order chi connectivity index (χ1) is 6.38. The van der Waals surface area contributed by atoms with Crippen molar-refractivity contribution < 1.29 is 17.6 Å². The van der Waals surface area contributed by atoms with Crippen LogP contribution in [-0.4, -0.2) is 17.7 Å². The summed E-state index contributed by atoms with van der Waals surface area (Å²) in [6, 6.07) is 1.03. The number of nitrogens with zero attached hydrogens (tertiary/aromatic N) is 1. The number of anilines is 1. The first kappa shape index (κ1) is 11.2. The highest BCUT2D eigenvalue weighted by atomic mass is 79.9. The van der Waals surface area contributed by atoms with E-state index in [1.807, 2.05) is 5.32 Å². The molecule has 1 aromatic heterocycles. The van der Waals surface area contributed by atoms with Crippen molar-refractivity contribution >= 4 is 21.7 Å². The molecule has 0 bridgehead atoms. The van der Waals surface area contributed by atoms with Crippen molar-refractivity contribution in [3.8, 4) is 0 Å². The Labute approximate surface area is 85.5 Å². The van der Waals surface area contributed by atoms with E-state index in [1.54, 1.807) is 0 Å². The van der Waals surface area contributed by atoms with Crippen LogP contribution in [0.25, 0.3) is 0 Å². The Hall–Kier alpha value is -0.850. The minimum absolute atomic E-state index is 0.368. The zero-order valence-corrected chi connectivity index (χ0v) is 8.28. The van der Waals surface area contributed by atoms with Gasteiger partial charge in [0, 0.05) is 10.7 Å². The number of aromatic nitrogens is 1. The van der Waals surface area contributed by atoms with Crippen molar-refractivity contribution in [2.45, 2.75) is 6.18 Å². The zero-order valence-electron chi connectivity index (χ0n) is 6.70. The number of rotatable bonds is 2. The predicted octanol–water partition coefficient (Wildman–Crippen LogP) is 2.96. The summed E-state index contributed by atoms with van der Waals surface area (Å²) in [5.74, 6) is -1.24. The topological polar surface area (TPSA) is 24.9 Å². The summed E-state index contributed by atoms with van der Waals surface area (Å²) in [7, 11) is 0. The molecule has 14 heavy (non-hydrogen) atoms. The molecule has 0 spiro atoms. The van der Waals surface area contributed by atoms with Gasteiger partial charge in [-0.25, -0.2) is 9.37 Å². The Balaban J connectivity index is 2.68. The molecule has 0 aromatic carbocycles. The van der Waals surface area contributed by atoms with E-state index in [9.17, 15) is 17.6 Å². The van der Waals surface area contributed by atoms with E-state index in [4.69, 9.17) is 0 Å². The largest absolute Gasteiger partial charge is 0.405 e. The van der Waals surface area contributed by atoms with E-state index < -0.39 is 24.4 Å². The summed E-state index contributed by atoms with van der Waals surface area (Å²) in [5.41, 5.74) is 0. The van der Waals surface area contributed by atoms with Crippen LogP contribution in [0, 0.1) is 5.82 Å². The maximum absolute atomic E-state index is 12.9. The molecule has 0 saturated carbocycles. The van der Waals surface area contributed by atoms with Gasteiger partial charge in [0.05, 0.1) is 0 Å². The van der Waals surface area contributed by atoms with Crippen molar-refractivity contribution in [3.05, 3.63) is 22.6 Å². The van der Waals surface area contributed by atoms with Crippen molar-refractivity contribution in [2.24, 2.45) is 0 Å². The molecule has 1 aromatic rings. The summed E-state index contributed by atoms with van der Waals surface area (Å²) in [6.45, 7) is -1.31. The van der Waals surface area contributed by atoms with Gasteiger partial charge in [-0.1, -0.05) is 0 Å². The monoisotopic (exact) mass is 272 g/mol. The van der Waals surface area contributed by atoms with Gasteiger partial charge in [-0.3, -0.25) is 0 Å². The summed E-state index contributed by atoms with van der Waals surface area (Å²) >= 11 is 2.93. The minimum atomic E-state index is -4.39. The Morgan fingerprint density at radius 2 is 2.07 bits per heavy atom. The lowest BCUT2D eigenvalue weighted by molar-refractivity contribution is -0.115. The summed E-state index contributed by atoms with van der Waals surface area (Å²) in [5, 5.41) is 1.85. The van der Waals surface area contributed by atoms with Crippen LogP contribution in [0.5, 0.6) is 0 Å². The highest BCUT2D eigenvalue weighted by Crippen LogP contribution is 2.19. The molecule has 7 heteroatoms. The molecule has 0 aliphatic heterocycles. The number of hydrogen-bond donors (Lipinski definition) is 1. The van der Waals surface area contributed by atoms with E-state index in [-0.39, 0.29) is 0 Å². The lowest BCUT2D eigenvalue weighted by Gasteiger charge is -2.09. The van der Waals surface area contributed by atoms with E-state index in [0.29, 0.717) is 4.47 Å². The molecule has 2 nitrogen and oxygen atoms in total. The molecule has 1 heterocycles. The number of hydrogen-bond acceptors (Lipinski definition) is 2.